The van der Waals surface area contributed by atoms with E-state index in [2.05, 4.69) is 5.32 Å². The van der Waals surface area contributed by atoms with E-state index in [-0.39, 0.29) is 24.2 Å². The summed E-state index contributed by atoms with van der Waals surface area (Å²) in [5, 5.41) is 13.0. The molecule has 208 valence electrons. The number of carbonyl (C=O) groups excluding carboxylic acids is 2. The third-order valence-electron chi connectivity index (χ3n) is 6.94. The first-order valence-electron chi connectivity index (χ1n) is 12.5. The Morgan fingerprint density at radius 1 is 1.05 bits per heavy atom. The Hall–Kier alpha value is -4.53. The number of nitrogens with one attached hydrogen (secondary N) is 1. The molecular formula is C31H29F3N2O4. The van der Waals surface area contributed by atoms with Gasteiger partial charge in [0.2, 0.25) is 0 Å². The number of rotatable bonds is 7. The van der Waals surface area contributed by atoms with Crippen molar-refractivity contribution in [1.29, 1.82) is 0 Å². The highest BCUT2D eigenvalue weighted by Gasteiger charge is 2.49. The van der Waals surface area contributed by atoms with Crippen molar-refractivity contribution in [3.8, 4) is 16.9 Å². The highest BCUT2D eigenvalue weighted by atomic mass is 19.4. The molecule has 2 atom stereocenters. The molecule has 6 nitrogen and oxygen atoms in total. The van der Waals surface area contributed by atoms with Gasteiger partial charge in [0.05, 0.1) is 18.1 Å². The average Bonchev–Trinajstić information content (AvgIpc) is 2.92. The number of amides is 1. The van der Waals surface area contributed by atoms with Crippen molar-refractivity contribution in [2.45, 2.75) is 32.0 Å². The van der Waals surface area contributed by atoms with Gasteiger partial charge >= 0.3 is 12.1 Å². The molecule has 3 aromatic rings. The summed E-state index contributed by atoms with van der Waals surface area (Å²) in [5.41, 5.74) is 7.50. The Kier molecular flexibility index (Phi) is 8.04. The van der Waals surface area contributed by atoms with Gasteiger partial charge in [0.1, 0.15) is 11.8 Å². The van der Waals surface area contributed by atoms with Crippen molar-refractivity contribution < 1.29 is 32.6 Å². The summed E-state index contributed by atoms with van der Waals surface area (Å²) in [6.45, 7) is 1.16. The SMILES string of the molecule is COC(=O)[C@H](Cc1ccc(C2=CC(C)(C(F)(F)F)CC=C2)cc1)NC(=O)c1cc(-c2cccc(N)c2)ccc1O. The number of benzene rings is 3. The van der Waals surface area contributed by atoms with Crippen molar-refractivity contribution >= 4 is 23.1 Å². The van der Waals surface area contributed by atoms with E-state index < -0.39 is 29.5 Å². The summed E-state index contributed by atoms with van der Waals surface area (Å²) in [6, 6.07) is 17.2. The molecule has 1 aliphatic rings. The fourth-order valence-corrected chi connectivity index (χ4v) is 4.51. The lowest BCUT2D eigenvalue weighted by Crippen LogP contribution is -2.43. The van der Waals surface area contributed by atoms with Crippen LogP contribution in [0.1, 0.15) is 34.8 Å². The van der Waals surface area contributed by atoms with Gasteiger partial charge in [-0.2, -0.15) is 13.2 Å². The van der Waals surface area contributed by atoms with Gasteiger partial charge in [0.15, 0.2) is 0 Å². The zero-order valence-corrected chi connectivity index (χ0v) is 22.0. The van der Waals surface area contributed by atoms with Crippen LogP contribution in [-0.2, 0) is 16.0 Å². The maximum atomic E-state index is 13.5. The van der Waals surface area contributed by atoms with Crippen LogP contribution in [0.25, 0.3) is 16.7 Å². The van der Waals surface area contributed by atoms with Crippen molar-refractivity contribution in [1.82, 2.24) is 5.32 Å². The topological polar surface area (TPSA) is 102 Å². The van der Waals surface area contributed by atoms with E-state index in [1.54, 1.807) is 54.6 Å². The van der Waals surface area contributed by atoms with Crippen LogP contribution in [0.4, 0.5) is 18.9 Å². The molecule has 0 saturated carbocycles. The molecule has 3 aromatic carbocycles. The van der Waals surface area contributed by atoms with Crippen molar-refractivity contribution in [2.75, 3.05) is 12.8 Å². The summed E-state index contributed by atoms with van der Waals surface area (Å²) < 4.78 is 45.5. The summed E-state index contributed by atoms with van der Waals surface area (Å²) in [6.07, 6.45) is -0.0534. The molecule has 0 spiro atoms. The molecule has 40 heavy (non-hydrogen) atoms. The largest absolute Gasteiger partial charge is 0.507 e. The fraction of sp³-hybridized carbons (Fsp3) is 0.226. The molecule has 4 N–H and O–H groups in total. The number of esters is 1. The van der Waals surface area contributed by atoms with Crippen LogP contribution in [-0.4, -0.2) is 36.3 Å². The van der Waals surface area contributed by atoms with Crippen molar-refractivity contribution in [3.63, 3.8) is 0 Å². The monoisotopic (exact) mass is 550 g/mol. The second kappa shape index (κ2) is 11.3. The molecular weight excluding hydrogens is 521 g/mol. The number of phenolic OH excluding ortho intramolecular Hbond substituents is 1. The second-order valence-corrected chi connectivity index (χ2v) is 9.93. The number of nitrogen functional groups attached to an aromatic ring is 1. The van der Waals surface area contributed by atoms with Gasteiger partial charge in [-0.15, -0.1) is 0 Å². The molecule has 0 fully saturated rings. The van der Waals surface area contributed by atoms with E-state index >= 15 is 0 Å². The first-order valence-corrected chi connectivity index (χ1v) is 12.5. The Morgan fingerprint density at radius 3 is 2.38 bits per heavy atom. The van der Waals surface area contributed by atoms with Gasteiger partial charge in [-0.05, 0) is 65.4 Å². The van der Waals surface area contributed by atoms with Crippen LogP contribution in [0.5, 0.6) is 5.75 Å². The van der Waals surface area contributed by atoms with E-state index in [0.29, 0.717) is 28.0 Å². The molecule has 1 amide bonds. The quantitative estimate of drug-likeness (QED) is 0.245. The summed E-state index contributed by atoms with van der Waals surface area (Å²) in [5.74, 6) is -1.64. The molecule has 9 heteroatoms. The van der Waals surface area contributed by atoms with Gasteiger partial charge in [-0.25, -0.2) is 4.79 Å². The lowest BCUT2D eigenvalue weighted by Gasteiger charge is -2.31. The number of allylic oxidation sites excluding steroid dienone is 4. The highest BCUT2D eigenvalue weighted by molar-refractivity contribution is 6.00. The molecule has 0 heterocycles. The van der Waals surface area contributed by atoms with Crippen molar-refractivity contribution in [2.24, 2.45) is 5.41 Å². The number of halogens is 3. The smallest absolute Gasteiger partial charge is 0.397 e. The van der Waals surface area contributed by atoms with Crippen LogP contribution in [0.15, 0.2) is 85.0 Å². The zero-order chi connectivity index (χ0) is 29.1. The predicted molar refractivity (Wildman–Crippen MR) is 147 cm³/mol. The molecule has 0 aromatic heterocycles. The minimum absolute atomic E-state index is 0.0343. The number of anilines is 1. The maximum Gasteiger partial charge on any atom is 0.397 e. The third-order valence-corrected chi connectivity index (χ3v) is 6.94. The van der Waals surface area contributed by atoms with E-state index in [4.69, 9.17) is 10.5 Å². The Morgan fingerprint density at radius 2 is 1.73 bits per heavy atom. The highest BCUT2D eigenvalue weighted by Crippen LogP contribution is 2.46. The van der Waals surface area contributed by atoms with Gasteiger partial charge < -0.3 is 20.9 Å². The van der Waals surface area contributed by atoms with E-state index in [9.17, 15) is 27.9 Å². The summed E-state index contributed by atoms with van der Waals surface area (Å²) >= 11 is 0. The molecule has 0 aliphatic heterocycles. The number of carbonyl (C=O) groups is 2. The molecule has 0 radical (unpaired) electrons. The van der Waals surface area contributed by atoms with Crippen LogP contribution in [0.2, 0.25) is 0 Å². The first-order chi connectivity index (χ1) is 18.9. The minimum Gasteiger partial charge on any atom is -0.507 e. The maximum absolute atomic E-state index is 13.5. The standard InChI is InChI=1S/C31H29F3N2O4/c1-30(31(32,33)34)14-4-6-23(18-30)20-10-8-19(9-11-20)15-26(29(39)40-2)36-28(38)25-17-22(12-13-27(25)37)21-5-3-7-24(35)16-21/h3-13,16-18,26,37H,14-15,35H2,1-2H3,(H,36,38)/t26-,30?/m0/s1. The normalized spacial score (nSPS) is 17.6. The number of hydrogen-bond donors (Lipinski definition) is 3. The number of aromatic hydroxyl groups is 1. The Labute approximate surface area is 230 Å². The van der Waals surface area contributed by atoms with E-state index in [0.717, 1.165) is 12.5 Å². The van der Waals surface area contributed by atoms with Gasteiger partial charge in [-0.1, -0.05) is 60.7 Å². The Bertz CT molecular complexity index is 1480. The number of alkyl halides is 3. The fourth-order valence-electron chi connectivity index (χ4n) is 4.51. The third kappa shape index (κ3) is 6.20. The van der Waals surface area contributed by atoms with Crippen LogP contribution < -0.4 is 11.1 Å². The number of ether oxygens (including phenoxy) is 1. The second-order valence-electron chi connectivity index (χ2n) is 9.93. The van der Waals surface area contributed by atoms with Crippen LogP contribution >= 0.6 is 0 Å². The number of nitrogens with two attached hydrogens (primary N) is 1. The Balaban J connectivity index is 1.53. The predicted octanol–water partition coefficient (Wildman–Crippen LogP) is 6.07. The van der Waals surface area contributed by atoms with Crippen LogP contribution in [0.3, 0.4) is 0 Å². The molecule has 1 unspecified atom stereocenters. The number of methoxy groups -OCH3 is 1. The molecule has 0 saturated heterocycles. The van der Waals surface area contributed by atoms with Gasteiger partial charge in [0, 0.05) is 12.1 Å². The first kappa shape index (κ1) is 28.5. The lowest BCUT2D eigenvalue weighted by molar-refractivity contribution is -0.198. The average molecular weight is 551 g/mol. The summed E-state index contributed by atoms with van der Waals surface area (Å²) in [7, 11) is 1.20. The van der Waals surface area contributed by atoms with E-state index in [1.165, 1.54) is 31.4 Å². The van der Waals surface area contributed by atoms with Gasteiger partial charge in [0.25, 0.3) is 5.91 Å². The van der Waals surface area contributed by atoms with Crippen molar-refractivity contribution in [3.05, 3.63) is 102 Å². The lowest BCUT2D eigenvalue weighted by atomic mass is 9.79. The number of phenols is 1. The van der Waals surface area contributed by atoms with Gasteiger partial charge in [-0.3, -0.25) is 4.79 Å². The molecule has 0 bridgehead atoms. The molecule has 4 rings (SSSR count). The minimum atomic E-state index is -4.38. The zero-order valence-electron chi connectivity index (χ0n) is 22.0. The summed E-state index contributed by atoms with van der Waals surface area (Å²) in [4.78, 5) is 25.7. The number of hydrogen-bond acceptors (Lipinski definition) is 5. The van der Waals surface area contributed by atoms with Crippen LogP contribution in [0, 0.1) is 5.41 Å². The van der Waals surface area contributed by atoms with E-state index in [1.807, 2.05) is 6.07 Å². The molecule has 1 aliphatic carbocycles.